The van der Waals surface area contributed by atoms with Crippen LogP contribution in [0.25, 0.3) is 0 Å². The van der Waals surface area contributed by atoms with Crippen molar-refractivity contribution in [3.63, 3.8) is 0 Å². The standard InChI is InChI=1S/C15H29N3O/c1-13(2)11-14(12-16-8-10-19-4)5-6-15-17-7-9-18(15)3/h7,9,13-14,16H,5-6,8,10-12H2,1-4H3. The second kappa shape index (κ2) is 9.10. The highest BCUT2D eigenvalue weighted by molar-refractivity contribution is 4.91. The van der Waals surface area contributed by atoms with Gasteiger partial charge in [-0.1, -0.05) is 13.8 Å². The average molecular weight is 267 g/mol. The van der Waals surface area contributed by atoms with Crippen LogP contribution in [0.5, 0.6) is 0 Å². The molecule has 1 atom stereocenters. The molecule has 1 N–H and O–H groups in total. The second-order valence-corrected chi connectivity index (χ2v) is 5.69. The molecule has 0 spiro atoms. The van der Waals surface area contributed by atoms with E-state index >= 15 is 0 Å². The quantitative estimate of drug-likeness (QED) is 0.661. The van der Waals surface area contributed by atoms with Crippen LogP contribution in [0.1, 0.15) is 32.5 Å². The molecule has 1 heterocycles. The van der Waals surface area contributed by atoms with Crippen molar-refractivity contribution in [3.8, 4) is 0 Å². The van der Waals surface area contributed by atoms with E-state index in [1.807, 2.05) is 12.4 Å². The molecule has 1 aromatic rings. The van der Waals surface area contributed by atoms with E-state index in [-0.39, 0.29) is 0 Å². The van der Waals surface area contributed by atoms with Gasteiger partial charge in [-0.25, -0.2) is 4.98 Å². The molecule has 19 heavy (non-hydrogen) atoms. The summed E-state index contributed by atoms with van der Waals surface area (Å²) in [7, 11) is 3.81. The van der Waals surface area contributed by atoms with Gasteiger partial charge in [0.2, 0.25) is 0 Å². The predicted octanol–water partition coefficient (Wildman–Crippen LogP) is 2.25. The number of nitrogens with zero attached hydrogens (tertiary/aromatic N) is 2. The summed E-state index contributed by atoms with van der Waals surface area (Å²) < 4.78 is 7.18. The minimum atomic E-state index is 0.716. The van der Waals surface area contributed by atoms with Crippen molar-refractivity contribution >= 4 is 0 Å². The predicted molar refractivity (Wildman–Crippen MR) is 79.2 cm³/mol. The number of hydrogen-bond donors (Lipinski definition) is 1. The van der Waals surface area contributed by atoms with E-state index < -0.39 is 0 Å². The Morgan fingerprint density at radius 1 is 1.42 bits per heavy atom. The van der Waals surface area contributed by atoms with E-state index in [0.29, 0.717) is 5.92 Å². The van der Waals surface area contributed by atoms with Gasteiger partial charge < -0.3 is 14.6 Å². The van der Waals surface area contributed by atoms with Gasteiger partial charge in [-0.05, 0) is 31.2 Å². The first kappa shape index (κ1) is 16.2. The fourth-order valence-electron chi connectivity index (χ4n) is 2.42. The Morgan fingerprint density at radius 2 is 2.21 bits per heavy atom. The Bertz CT molecular complexity index is 336. The minimum absolute atomic E-state index is 0.716. The highest BCUT2D eigenvalue weighted by Gasteiger charge is 2.12. The number of methoxy groups -OCH3 is 1. The van der Waals surface area contributed by atoms with Crippen LogP contribution < -0.4 is 5.32 Å². The zero-order valence-electron chi connectivity index (χ0n) is 12.9. The number of imidazole rings is 1. The Balaban J connectivity index is 2.34. The smallest absolute Gasteiger partial charge is 0.108 e. The first-order valence-corrected chi connectivity index (χ1v) is 7.29. The molecule has 0 bridgehead atoms. The van der Waals surface area contributed by atoms with Gasteiger partial charge in [0.25, 0.3) is 0 Å². The van der Waals surface area contributed by atoms with Crippen LogP contribution in [0.2, 0.25) is 0 Å². The lowest BCUT2D eigenvalue weighted by molar-refractivity contribution is 0.196. The summed E-state index contributed by atoms with van der Waals surface area (Å²) in [5.41, 5.74) is 0. The van der Waals surface area contributed by atoms with Gasteiger partial charge >= 0.3 is 0 Å². The Kier molecular flexibility index (Phi) is 7.75. The summed E-state index contributed by atoms with van der Waals surface area (Å²) >= 11 is 0. The molecule has 0 saturated heterocycles. The topological polar surface area (TPSA) is 39.1 Å². The largest absolute Gasteiger partial charge is 0.383 e. The van der Waals surface area contributed by atoms with Crippen LogP contribution in [-0.4, -0.2) is 36.4 Å². The molecule has 1 unspecified atom stereocenters. The Labute approximate surface area is 117 Å². The highest BCUT2D eigenvalue weighted by atomic mass is 16.5. The zero-order chi connectivity index (χ0) is 14.1. The molecule has 4 nitrogen and oxygen atoms in total. The summed E-state index contributed by atoms with van der Waals surface area (Å²) in [6.07, 6.45) is 7.42. The number of nitrogens with one attached hydrogen (secondary N) is 1. The third-order valence-electron chi connectivity index (χ3n) is 3.42. The highest BCUT2D eigenvalue weighted by Crippen LogP contribution is 2.17. The fourth-order valence-corrected chi connectivity index (χ4v) is 2.42. The molecule has 0 saturated carbocycles. The molecule has 0 amide bonds. The van der Waals surface area contributed by atoms with E-state index in [1.165, 1.54) is 18.7 Å². The molecule has 0 fully saturated rings. The first-order valence-electron chi connectivity index (χ1n) is 7.29. The molecule has 0 aliphatic carbocycles. The maximum Gasteiger partial charge on any atom is 0.108 e. The molecule has 1 aromatic heterocycles. The summed E-state index contributed by atoms with van der Waals surface area (Å²) in [6.45, 7) is 7.39. The number of aryl methyl sites for hydroxylation is 2. The van der Waals surface area contributed by atoms with E-state index in [0.717, 1.165) is 32.0 Å². The Hall–Kier alpha value is -0.870. The van der Waals surface area contributed by atoms with E-state index in [9.17, 15) is 0 Å². The summed E-state index contributed by atoms with van der Waals surface area (Å²) in [6, 6.07) is 0. The normalized spacial score (nSPS) is 13.1. The van der Waals surface area contributed by atoms with Crippen LogP contribution in [0, 0.1) is 11.8 Å². The number of rotatable bonds is 10. The van der Waals surface area contributed by atoms with Gasteiger partial charge in [-0.15, -0.1) is 0 Å². The van der Waals surface area contributed by atoms with Gasteiger partial charge in [0, 0.05) is 39.5 Å². The fraction of sp³-hybridized carbons (Fsp3) is 0.800. The van der Waals surface area contributed by atoms with Crippen LogP contribution >= 0.6 is 0 Å². The minimum Gasteiger partial charge on any atom is -0.383 e. The van der Waals surface area contributed by atoms with Crippen molar-refractivity contribution in [2.24, 2.45) is 18.9 Å². The molecule has 110 valence electrons. The van der Waals surface area contributed by atoms with Crippen molar-refractivity contribution in [3.05, 3.63) is 18.2 Å². The monoisotopic (exact) mass is 267 g/mol. The summed E-state index contributed by atoms with van der Waals surface area (Å²) in [5, 5.41) is 3.48. The molecular weight excluding hydrogens is 238 g/mol. The molecule has 0 radical (unpaired) electrons. The van der Waals surface area contributed by atoms with Gasteiger partial charge in [-0.2, -0.15) is 0 Å². The lowest BCUT2D eigenvalue weighted by Crippen LogP contribution is -2.27. The van der Waals surface area contributed by atoms with Crippen LogP contribution in [0.15, 0.2) is 12.4 Å². The van der Waals surface area contributed by atoms with Crippen LogP contribution in [0.4, 0.5) is 0 Å². The summed E-state index contributed by atoms with van der Waals surface area (Å²) in [5.74, 6) is 2.65. The van der Waals surface area contributed by atoms with Crippen molar-refractivity contribution in [2.45, 2.75) is 33.1 Å². The van der Waals surface area contributed by atoms with Gasteiger partial charge in [0.1, 0.15) is 5.82 Å². The van der Waals surface area contributed by atoms with E-state index in [1.54, 1.807) is 7.11 Å². The third-order valence-corrected chi connectivity index (χ3v) is 3.42. The van der Waals surface area contributed by atoms with E-state index in [2.05, 4.69) is 35.8 Å². The Morgan fingerprint density at radius 3 is 2.79 bits per heavy atom. The van der Waals surface area contributed by atoms with Crippen molar-refractivity contribution in [1.29, 1.82) is 0 Å². The lowest BCUT2D eigenvalue weighted by atomic mass is 9.92. The molecular formula is C15H29N3O. The lowest BCUT2D eigenvalue weighted by Gasteiger charge is -2.19. The van der Waals surface area contributed by atoms with Crippen molar-refractivity contribution in [1.82, 2.24) is 14.9 Å². The first-order chi connectivity index (χ1) is 9.13. The molecule has 4 heteroatoms. The number of ether oxygens (including phenoxy) is 1. The van der Waals surface area contributed by atoms with E-state index in [4.69, 9.17) is 4.74 Å². The maximum atomic E-state index is 5.06. The van der Waals surface area contributed by atoms with Crippen molar-refractivity contribution in [2.75, 3.05) is 26.8 Å². The molecule has 1 rings (SSSR count). The zero-order valence-corrected chi connectivity index (χ0v) is 12.9. The van der Waals surface area contributed by atoms with Gasteiger partial charge in [-0.3, -0.25) is 0 Å². The summed E-state index contributed by atoms with van der Waals surface area (Å²) in [4.78, 5) is 4.40. The second-order valence-electron chi connectivity index (χ2n) is 5.69. The molecule has 0 aromatic carbocycles. The van der Waals surface area contributed by atoms with Gasteiger partial charge in [0.15, 0.2) is 0 Å². The maximum absolute atomic E-state index is 5.06. The van der Waals surface area contributed by atoms with Crippen molar-refractivity contribution < 1.29 is 4.74 Å². The number of hydrogen-bond acceptors (Lipinski definition) is 3. The van der Waals surface area contributed by atoms with Gasteiger partial charge in [0.05, 0.1) is 6.61 Å². The molecule has 0 aliphatic rings. The van der Waals surface area contributed by atoms with Crippen LogP contribution in [0.3, 0.4) is 0 Å². The van der Waals surface area contributed by atoms with Crippen LogP contribution in [-0.2, 0) is 18.2 Å². The average Bonchev–Trinajstić information content (AvgIpc) is 2.76. The molecule has 0 aliphatic heterocycles. The number of aromatic nitrogens is 2. The third kappa shape index (κ3) is 6.73. The SMILES string of the molecule is COCCNCC(CCc1nccn1C)CC(C)C.